The van der Waals surface area contributed by atoms with Crippen LogP contribution in [0, 0.1) is 23.7 Å². The minimum Gasteiger partial charge on any atom is -0.459 e. The summed E-state index contributed by atoms with van der Waals surface area (Å²) in [5, 5.41) is 63.5. The zero-order chi connectivity index (χ0) is 44.1. The van der Waals surface area contributed by atoms with E-state index in [1.54, 1.807) is 37.9 Å². The number of nitrogens with one attached hydrogen (secondary N) is 1. The van der Waals surface area contributed by atoms with Gasteiger partial charge >= 0.3 is 5.97 Å². The molecule has 17 nitrogen and oxygen atoms in total. The van der Waals surface area contributed by atoms with Crippen LogP contribution >= 0.6 is 0 Å². The monoisotopic (exact) mass is 845 g/mol. The van der Waals surface area contributed by atoms with E-state index in [4.69, 9.17) is 24.2 Å². The average Bonchev–Trinajstić information content (AvgIpc) is 3.88. The van der Waals surface area contributed by atoms with E-state index in [0.29, 0.717) is 25.9 Å². The number of benzene rings is 1. The van der Waals surface area contributed by atoms with Gasteiger partial charge in [-0.25, -0.2) is 5.48 Å². The summed E-state index contributed by atoms with van der Waals surface area (Å²) in [6.45, 7) is 12.7. The maximum Gasteiger partial charge on any atom is 0.311 e. The van der Waals surface area contributed by atoms with Crippen molar-refractivity contribution in [3.63, 3.8) is 0 Å². The normalized spacial score (nSPS) is 36.8. The van der Waals surface area contributed by atoms with Crippen LogP contribution in [0.5, 0.6) is 0 Å². The lowest BCUT2D eigenvalue weighted by Gasteiger charge is -2.47. The molecule has 60 heavy (non-hydrogen) atoms. The lowest BCUT2D eigenvalue weighted by atomic mass is 9.75. The van der Waals surface area contributed by atoms with Crippen LogP contribution in [-0.4, -0.2) is 137 Å². The van der Waals surface area contributed by atoms with Crippen LogP contribution in [0.1, 0.15) is 99.0 Å². The van der Waals surface area contributed by atoms with Gasteiger partial charge in [-0.2, -0.15) is 0 Å². The number of amides is 1. The number of carbonyl (C=O) groups excluding carboxylic acids is 3. The number of nitrogens with zero attached hydrogens (tertiary/aromatic N) is 4. The second-order valence-electron chi connectivity index (χ2n) is 17.8. The van der Waals surface area contributed by atoms with E-state index in [0.717, 1.165) is 29.7 Å². The van der Waals surface area contributed by atoms with Crippen LogP contribution in [0.2, 0.25) is 0 Å². The van der Waals surface area contributed by atoms with Crippen molar-refractivity contribution in [3.8, 4) is 11.3 Å². The minimum atomic E-state index is -1.94. The number of likely N-dealkylation sites (N-methyl/N-ethyl adjacent to an activating group) is 1. The van der Waals surface area contributed by atoms with Crippen molar-refractivity contribution in [2.24, 2.45) is 23.7 Å². The Morgan fingerprint density at radius 2 is 1.73 bits per heavy atom. The number of esters is 1. The summed E-state index contributed by atoms with van der Waals surface area (Å²) >= 11 is 0. The summed E-state index contributed by atoms with van der Waals surface area (Å²) in [4.78, 5) is 40.6. The average molecular weight is 846 g/mol. The lowest BCUT2D eigenvalue weighted by Crippen LogP contribution is -2.59. The number of hydrogen-bond donors (Lipinski definition) is 6. The van der Waals surface area contributed by atoms with Crippen molar-refractivity contribution in [1.82, 2.24) is 25.4 Å². The van der Waals surface area contributed by atoms with Crippen LogP contribution < -0.4 is 5.48 Å². The van der Waals surface area contributed by atoms with Gasteiger partial charge in [0, 0.05) is 48.9 Å². The van der Waals surface area contributed by atoms with Gasteiger partial charge in [0.2, 0.25) is 5.91 Å². The summed E-state index contributed by atoms with van der Waals surface area (Å²) in [5.41, 5.74) is 1.16. The molecule has 0 saturated carbocycles. The number of cyclic esters (lactones) is 1. The highest BCUT2D eigenvalue weighted by Gasteiger charge is 2.55. The van der Waals surface area contributed by atoms with E-state index < -0.39 is 89.6 Å². The maximum atomic E-state index is 13.9. The number of aliphatic hydroxyl groups is 4. The topological polar surface area (TPSA) is 235 Å². The highest BCUT2D eigenvalue weighted by molar-refractivity contribution is 5.84. The van der Waals surface area contributed by atoms with Gasteiger partial charge in [0.05, 0.1) is 48.7 Å². The Kier molecular flexibility index (Phi) is 16.0. The van der Waals surface area contributed by atoms with Crippen molar-refractivity contribution < 1.29 is 59.0 Å². The number of hydroxylamine groups is 1. The van der Waals surface area contributed by atoms with Crippen molar-refractivity contribution >= 4 is 17.7 Å². The Morgan fingerprint density at radius 3 is 2.40 bits per heavy atom. The highest BCUT2D eigenvalue weighted by atomic mass is 16.7. The van der Waals surface area contributed by atoms with Gasteiger partial charge in [-0.3, -0.25) is 29.2 Å². The van der Waals surface area contributed by atoms with Crippen LogP contribution in [0.15, 0.2) is 30.5 Å². The summed E-state index contributed by atoms with van der Waals surface area (Å²) in [5.74, 6) is -5.02. The first kappa shape index (κ1) is 47.7. The molecule has 2 aromatic rings. The summed E-state index contributed by atoms with van der Waals surface area (Å²) in [6, 6.07) is 7.57. The molecule has 1 aromatic carbocycles. The molecule has 0 radical (unpaired) electrons. The van der Waals surface area contributed by atoms with Gasteiger partial charge in [0.25, 0.3) is 0 Å². The lowest BCUT2D eigenvalue weighted by molar-refractivity contribution is -0.299. The third-order valence-electron chi connectivity index (χ3n) is 13.1. The van der Waals surface area contributed by atoms with Crippen LogP contribution in [0.4, 0.5) is 0 Å². The van der Waals surface area contributed by atoms with Crippen LogP contribution in [0.3, 0.4) is 0 Å². The number of unbranched alkanes of at least 4 members (excludes halogenated alkanes) is 2. The molecule has 0 unspecified atom stereocenters. The second-order valence-corrected chi connectivity index (χ2v) is 17.8. The number of fused-ring (bicyclic) bond motifs is 2. The number of aliphatic hydroxyl groups excluding tert-OH is 3. The molecule has 3 aliphatic heterocycles. The molecular weight excluding hydrogens is 778 g/mol. The van der Waals surface area contributed by atoms with Crippen molar-refractivity contribution in [3.05, 3.63) is 36.0 Å². The first-order chi connectivity index (χ1) is 28.3. The van der Waals surface area contributed by atoms with E-state index >= 15 is 0 Å². The van der Waals surface area contributed by atoms with E-state index in [-0.39, 0.29) is 37.8 Å². The highest BCUT2D eigenvalue weighted by Crippen LogP contribution is 2.43. The minimum absolute atomic E-state index is 0.0154. The first-order valence-corrected chi connectivity index (χ1v) is 21.4. The molecule has 1 aromatic heterocycles. The second kappa shape index (κ2) is 20.2. The first-order valence-electron chi connectivity index (χ1n) is 21.4. The van der Waals surface area contributed by atoms with E-state index in [2.05, 4.69) is 10.3 Å². The largest absolute Gasteiger partial charge is 0.459 e. The number of aryl methyl sites for hydroxylation is 1. The van der Waals surface area contributed by atoms with Gasteiger partial charge in [0.15, 0.2) is 6.29 Å². The number of ether oxygens (including phenoxy) is 4. The Hall–Kier alpha value is -3.39. The van der Waals surface area contributed by atoms with E-state index in [1.807, 2.05) is 49.3 Å². The van der Waals surface area contributed by atoms with Gasteiger partial charge in [-0.05, 0) is 72.4 Å². The summed E-state index contributed by atoms with van der Waals surface area (Å²) < 4.78 is 26.8. The number of ketones is 1. The number of carbonyl (C=O) groups is 3. The smallest absolute Gasteiger partial charge is 0.311 e. The SMILES string of the molecule is CC[C@H]1OC(=O)[C@H](C)[C@@H](O)[C@H](C)[C@@H](O[C@@H]2O[C@H](C)C[C@H](N(C)Cc3ccc(-c4cn(CCCCCC(=O)NO)nn4)cc3)[C@H]2O)[C@@]2(C)C[C@@H](CO2)C(=O)[C@H](C)[C@@H](O)[C@]1(C)O. The number of Topliss-reactive ketones (excluding diaryl/α,β-unsaturated/α-hetero) is 1. The Balaban J connectivity index is 1.29. The third kappa shape index (κ3) is 10.8. The van der Waals surface area contributed by atoms with E-state index in [1.165, 1.54) is 13.8 Å². The number of rotatable bonds is 13. The molecule has 336 valence electrons. The Morgan fingerprint density at radius 1 is 1.03 bits per heavy atom. The molecule has 0 aliphatic carbocycles. The Labute approximate surface area is 352 Å². The summed E-state index contributed by atoms with van der Waals surface area (Å²) in [7, 11) is 1.92. The predicted octanol–water partition coefficient (Wildman–Crippen LogP) is 2.77. The molecule has 5 rings (SSSR count). The fourth-order valence-corrected chi connectivity index (χ4v) is 9.21. The zero-order valence-electron chi connectivity index (χ0n) is 36.3. The molecule has 2 bridgehead atoms. The molecule has 3 saturated heterocycles. The fraction of sp³-hybridized carbons (Fsp3) is 0.744. The Bertz CT molecular complexity index is 1740. The fourth-order valence-electron chi connectivity index (χ4n) is 9.21. The molecular formula is C43H67N5O12. The van der Waals surface area contributed by atoms with Gasteiger partial charge in [-0.15, -0.1) is 5.10 Å². The van der Waals surface area contributed by atoms with E-state index in [9.17, 15) is 34.8 Å². The quantitative estimate of drug-likeness (QED) is 0.0736. The van der Waals surface area contributed by atoms with Crippen LogP contribution in [-0.2, 0) is 46.4 Å². The third-order valence-corrected chi connectivity index (χ3v) is 13.1. The van der Waals surface area contributed by atoms with Crippen LogP contribution in [0.25, 0.3) is 11.3 Å². The predicted molar refractivity (Wildman–Crippen MR) is 217 cm³/mol. The maximum absolute atomic E-state index is 13.9. The van der Waals surface area contributed by atoms with Crippen molar-refractivity contribution in [1.29, 1.82) is 0 Å². The van der Waals surface area contributed by atoms with Gasteiger partial charge in [-0.1, -0.05) is 56.7 Å². The summed E-state index contributed by atoms with van der Waals surface area (Å²) in [6.07, 6.45) is -2.30. The molecule has 3 aliphatic rings. The molecule has 3 fully saturated rings. The molecule has 17 heteroatoms. The molecule has 0 spiro atoms. The van der Waals surface area contributed by atoms with Gasteiger partial charge in [0.1, 0.15) is 29.3 Å². The molecule has 1 amide bonds. The molecule has 6 N–H and O–H groups in total. The standard InChI is InChI=1S/C43H67N5O12/c1-9-33-43(7,55)38(53)25(3)36(51)30-20-42(6,57-23-30)39(26(4)35(50)27(5)40(54)59-33)60-41-37(52)32(19-24(2)58-41)47(8)21-28-14-16-29(17-15-28)31-22-48(46-44-31)18-12-10-11-13-34(49)45-56/h14-17,22,24-27,30,32-33,35,37-39,41,50,52-53,55-56H,9-13,18-21,23H2,1-8H3,(H,45,49)/t24-,25+,26+,27-,30+,32+,33-,35+,37-,38-,39-,41+,42-,43-/m1/s1. The molecule has 14 atom stereocenters. The van der Waals surface area contributed by atoms with Crippen molar-refractivity contribution in [2.75, 3.05) is 13.7 Å². The number of aromatic nitrogens is 3. The number of hydrogen-bond acceptors (Lipinski definition) is 15. The zero-order valence-corrected chi connectivity index (χ0v) is 36.3. The van der Waals surface area contributed by atoms with Gasteiger partial charge < -0.3 is 39.4 Å². The van der Waals surface area contributed by atoms with Crippen molar-refractivity contribution in [2.45, 2.75) is 167 Å². The molecule has 4 heterocycles.